The van der Waals surface area contributed by atoms with Crippen LogP contribution in [0.2, 0.25) is 5.02 Å². The zero-order valence-corrected chi connectivity index (χ0v) is 20.1. The number of rotatable bonds is 8. The van der Waals surface area contributed by atoms with E-state index in [2.05, 4.69) is 4.72 Å². The molecule has 0 fully saturated rings. The molecule has 174 valence electrons. The van der Waals surface area contributed by atoms with E-state index in [4.69, 9.17) is 11.6 Å². The lowest BCUT2D eigenvalue weighted by molar-refractivity contribution is 0.0981. The molecule has 0 radical (unpaired) electrons. The molecule has 4 aromatic rings. The minimum atomic E-state index is -4.02. The fourth-order valence-electron chi connectivity index (χ4n) is 4.03. The maximum atomic E-state index is 12.9. The van der Waals surface area contributed by atoms with Crippen LogP contribution in [0.5, 0.6) is 0 Å². The Morgan fingerprint density at radius 3 is 2.41 bits per heavy atom. The molecular formula is C26H23ClN2O4S. The molecule has 3 aromatic carbocycles. The third kappa shape index (κ3) is 4.62. The van der Waals surface area contributed by atoms with Gasteiger partial charge in [-0.05, 0) is 42.3 Å². The first-order valence-corrected chi connectivity index (χ1v) is 12.7. The second kappa shape index (κ2) is 9.83. The molecule has 0 bridgehead atoms. The van der Waals surface area contributed by atoms with Crippen LogP contribution >= 0.6 is 11.6 Å². The molecule has 0 saturated heterocycles. The van der Waals surface area contributed by atoms with Crippen LogP contribution in [0, 0.1) is 0 Å². The van der Waals surface area contributed by atoms with Gasteiger partial charge in [-0.2, -0.15) is 0 Å². The van der Waals surface area contributed by atoms with Gasteiger partial charge in [-0.15, -0.1) is 0 Å². The molecule has 0 aliphatic heterocycles. The number of aldehydes is 1. The highest BCUT2D eigenvalue weighted by atomic mass is 35.5. The van der Waals surface area contributed by atoms with Crippen LogP contribution in [-0.2, 0) is 23.0 Å². The molecule has 0 atom stereocenters. The highest BCUT2D eigenvalue weighted by Gasteiger charge is 2.22. The van der Waals surface area contributed by atoms with E-state index in [-0.39, 0.29) is 10.5 Å². The largest absolute Gasteiger partial charge is 0.339 e. The second-order valence-corrected chi connectivity index (χ2v) is 9.97. The Morgan fingerprint density at radius 2 is 1.74 bits per heavy atom. The highest BCUT2D eigenvalue weighted by Crippen LogP contribution is 2.29. The normalized spacial score (nSPS) is 11.5. The predicted octanol–water partition coefficient (Wildman–Crippen LogP) is 5.23. The lowest BCUT2D eigenvalue weighted by Crippen LogP contribution is -2.30. The molecule has 0 spiro atoms. The molecule has 0 aliphatic carbocycles. The van der Waals surface area contributed by atoms with Gasteiger partial charge in [0.05, 0.1) is 10.4 Å². The molecule has 1 heterocycles. The Morgan fingerprint density at radius 1 is 1.03 bits per heavy atom. The van der Waals surface area contributed by atoms with E-state index < -0.39 is 15.9 Å². The molecule has 1 amide bonds. The molecule has 0 aliphatic rings. The first kappa shape index (κ1) is 23.7. The monoisotopic (exact) mass is 494 g/mol. The van der Waals surface area contributed by atoms with Gasteiger partial charge in [-0.1, -0.05) is 67.4 Å². The third-order valence-electron chi connectivity index (χ3n) is 5.65. The van der Waals surface area contributed by atoms with Crippen molar-refractivity contribution >= 4 is 44.7 Å². The van der Waals surface area contributed by atoms with Crippen molar-refractivity contribution in [2.75, 3.05) is 0 Å². The number of hydrogen-bond acceptors (Lipinski definition) is 4. The first-order valence-electron chi connectivity index (χ1n) is 10.8. The first-order chi connectivity index (χ1) is 16.4. The third-order valence-corrected chi connectivity index (χ3v) is 7.36. The molecule has 8 heteroatoms. The number of sulfonamides is 1. The Labute approximate surface area is 203 Å². The number of nitrogens with one attached hydrogen (secondary N) is 1. The van der Waals surface area contributed by atoms with Crippen molar-refractivity contribution in [2.45, 2.75) is 31.2 Å². The highest BCUT2D eigenvalue weighted by molar-refractivity contribution is 7.90. The van der Waals surface area contributed by atoms with Gasteiger partial charge < -0.3 is 4.57 Å². The molecular weight excluding hydrogens is 472 g/mol. The number of hydrogen-bond donors (Lipinski definition) is 1. The summed E-state index contributed by atoms with van der Waals surface area (Å²) in [5, 5.41) is 1.30. The summed E-state index contributed by atoms with van der Waals surface area (Å²) in [4.78, 5) is 24.9. The van der Waals surface area contributed by atoms with Crippen molar-refractivity contribution in [1.82, 2.24) is 9.29 Å². The number of halogens is 1. The van der Waals surface area contributed by atoms with E-state index in [1.54, 1.807) is 36.4 Å². The summed E-state index contributed by atoms with van der Waals surface area (Å²) < 4.78 is 29.3. The Bertz CT molecular complexity index is 1480. The quantitative estimate of drug-likeness (QED) is 0.340. The van der Waals surface area contributed by atoms with Crippen molar-refractivity contribution in [2.24, 2.45) is 0 Å². The lowest BCUT2D eigenvalue weighted by atomic mass is 10.1. The summed E-state index contributed by atoms with van der Waals surface area (Å²) in [5.41, 5.74) is 3.12. The van der Waals surface area contributed by atoms with Crippen LogP contribution in [-0.4, -0.2) is 25.2 Å². The minimum absolute atomic E-state index is 0.00000383. The van der Waals surface area contributed by atoms with Crippen molar-refractivity contribution in [3.05, 3.63) is 100 Å². The molecule has 4 rings (SSSR count). The van der Waals surface area contributed by atoms with Crippen LogP contribution in [0.3, 0.4) is 0 Å². The van der Waals surface area contributed by atoms with Gasteiger partial charge in [-0.25, -0.2) is 13.1 Å². The predicted molar refractivity (Wildman–Crippen MR) is 133 cm³/mol. The van der Waals surface area contributed by atoms with E-state index in [0.29, 0.717) is 34.5 Å². The van der Waals surface area contributed by atoms with Crippen molar-refractivity contribution in [1.29, 1.82) is 0 Å². The van der Waals surface area contributed by atoms with E-state index in [9.17, 15) is 18.0 Å². The summed E-state index contributed by atoms with van der Waals surface area (Å²) in [7, 11) is -4.02. The molecule has 0 unspecified atom stereocenters. The zero-order valence-electron chi connectivity index (χ0n) is 18.5. The Balaban J connectivity index is 1.79. The van der Waals surface area contributed by atoms with Gasteiger partial charge in [0.1, 0.15) is 0 Å². The molecule has 34 heavy (non-hydrogen) atoms. The maximum Gasteiger partial charge on any atom is 0.265 e. The summed E-state index contributed by atoms with van der Waals surface area (Å²) in [6, 6.07) is 20.0. The van der Waals surface area contributed by atoms with Gasteiger partial charge >= 0.3 is 0 Å². The number of benzene rings is 3. The molecule has 0 saturated carbocycles. The number of amides is 1. The van der Waals surface area contributed by atoms with Gasteiger partial charge in [0.15, 0.2) is 6.29 Å². The fraction of sp³-hybridized carbons (Fsp3) is 0.154. The average Bonchev–Trinajstić information content (AvgIpc) is 3.12. The van der Waals surface area contributed by atoms with E-state index >= 15 is 0 Å². The van der Waals surface area contributed by atoms with Crippen LogP contribution in [0.1, 0.15) is 45.3 Å². The Hall–Kier alpha value is -3.42. The number of carbonyl (C=O) groups is 2. The standard InChI is InChI=1S/C26H23ClN2O4S/c1-2-8-24-22(17-30)21-14-13-18(26(31)28-34(32,33)20-10-4-3-5-11-20)15-25(21)29(24)16-19-9-6-7-12-23(19)27/h3-7,9-15,17H,2,8,16H2,1H3,(H,28,31). The van der Waals surface area contributed by atoms with Gasteiger partial charge in [0.2, 0.25) is 0 Å². The smallest absolute Gasteiger partial charge is 0.265 e. The number of fused-ring (bicyclic) bond motifs is 1. The average molecular weight is 495 g/mol. The topological polar surface area (TPSA) is 85.2 Å². The van der Waals surface area contributed by atoms with Crippen molar-refractivity contribution in [3.63, 3.8) is 0 Å². The van der Waals surface area contributed by atoms with E-state index in [0.717, 1.165) is 24.0 Å². The van der Waals surface area contributed by atoms with E-state index in [1.807, 2.05) is 29.7 Å². The summed E-state index contributed by atoms with van der Waals surface area (Å²) in [6.07, 6.45) is 2.31. The number of nitrogens with zero attached hydrogens (tertiary/aromatic N) is 1. The van der Waals surface area contributed by atoms with Crippen LogP contribution < -0.4 is 4.72 Å². The molecule has 1 N–H and O–H groups in total. The summed E-state index contributed by atoms with van der Waals surface area (Å²) >= 11 is 6.39. The van der Waals surface area contributed by atoms with Crippen LogP contribution in [0.15, 0.2) is 77.7 Å². The zero-order chi connectivity index (χ0) is 24.3. The van der Waals surface area contributed by atoms with E-state index in [1.165, 1.54) is 18.2 Å². The summed E-state index contributed by atoms with van der Waals surface area (Å²) in [6.45, 7) is 2.44. The second-order valence-electron chi connectivity index (χ2n) is 7.89. The van der Waals surface area contributed by atoms with Gasteiger partial charge in [-0.3, -0.25) is 9.59 Å². The van der Waals surface area contributed by atoms with Crippen LogP contribution in [0.4, 0.5) is 0 Å². The number of aromatic nitrogens is 1. The van der Waals surface area contributed by atoms with Crippen molar-refractivity contribution < 1.29 is 18.0 Å². The minimum Gasteiger partial charge on any atom is -0.339 e. The summed E-state index contributed by atoms with van der Waals surface area (Å²) in [5.74, 6) is -0.749. The molecule has 1 aromatic heterocycles. The van der Waals surface area contributed by atoms with Crippen LogP contribution in [0.25, 0.3) is 10.9 Å². The van der Waals surface area contributed by atoms with Crippen molar-refractivity contribution in [3.8, 4) is 0 Å². The number of carbonyl (C=O) groups excluding carboxylic acids is 2. The fourth-order valence-corrected chi connectivity index (χ4v) is 5.22. The lowest BCUT2D eigenvalue weighted by Gasteiger charge is -2.13. The Kier molecular flexibility index (Phi) is 6.86. The van der Waals surface area contributed by atoms with Gasteiger partial charge in [0, 0.05) is 33.8 Å². The SMILES string of the molecule is CCCc1c(C=O)c2ccc(C(=O)NS(=O)(=O)c3ccccc3)cc2n1Cc1ccccc1Cl. The maximum absolute atomic E-state index is 12.9. The molecule has 6 nitrogen and oxygen atoms in total. The van der Waals surface area contributed by atoms with Gasteiger partial charge in [0.25, 0.3) is 15.9 Å².